The van der Waals surface area contributed by atoms with Gasteiger partial charge in [0.15, 0.2) is 0 Å². The van der Waals surface area contributed by atoms with E-state index in [4.69, 9.17) is 5.21 Å². The zero-order chi connectivity index (χ0) is 9.97. The first-order valence-corrected chi connectivity index (χ1v) is 4.45. The molecule has 0 saturated carbocycles. The van der Waals surface area contributed by atoms with Crippen LogP contribution in [0.4, 0.5) is 0 Å². The van der Waals surface area contributed by atoms with E-state index in [0.717, 1.165) is 30.8 Å². The van der Waals surface area contributed by atoms with Crippen molar-refractivity contribution in [2.45, 2.75) is 13.0 Å². The van der Waals surface area contributed by atoms with Gasteiger partial charge >= 0.3 is 0 Å². The summed E-state index contributed by atoms with van der Waals surface area (Å²) < 4.78 is 0. The molecule has 1 amide bonds. The van der Waals surface area contributed by atoms with Gasteiger partial charge in [0.2, 0.25) is 0 Å². The Kier molecular flexibility index (Phi) is 2.43. The number of hydrogen-bond acceptors (Lipinski definition) is 4. The van der Waals surface area contributed by atoms with Crippen LogP contribution in [0.25, 0.3) is 0 Å². The Balaban J connectivity index is 2.33. The van der Waals surface area contributed by atoms with Gasteiger partial charge in [-0.3, -0.25) is 10.0 Å². The van der Waals surface area contributed by atoms with Gasteiger partial charge < -0.3 is 5.32 Å². The van der Waals surface area contributed by atoms with E-state index in [1.54, 1.807) is 11.5 Å². The van der Waals surface area contributed by atoms with Crippen molar-refractivity contribution in [3.05, 3.63) is 29.1 Å². The Hall–Kier alpha value is -1.46. The maximum atomic E-state index is 11.1. The van der Waals surface area contributed by atoms with Crippen LogP contribution in [-0.2, 0) is 13.0 Å². The Morgan fingerprint density at radius 2 is 2.43 bits per heavy atom. The maximum absolute atomic E-state index is 11.1. The van der Waals surface area contributed by atoms with Gasteiger partial charge in [0, 0.05) is 25.2 Å². The molecule has 1 aliphatic rings. The highest BCUT2D eigenvalue weighted by Gasteiger charge is 2.13. The second-order valence-corrected chi connectivity index (χ2v) is 3.17. The first-order valence-electron chi connectivity index (χ1n) is 4.45. The number of hydrogen-bond donors (Lipinski definition) is 3. The van der Waals surface area contributed by atoms with Crippen LogP contribution in [0.2, 0.25) is 0 Å². The fourth-order valence-corrected chi connectivity index (χ4v) is 1.52. The molecule has 14 heavy (non-hydrogen) atoms. The van der Waals surface area contributed by atoms with E-state index in [1.165, 1.54) is 0 Å². The molecule has 0 radical (unpaired) electrons. The van der Waals surface area contributed by atoms with E-state index in [2.05, 4.69) is 10.3 Å². The van der Waals surface area contributed by atoms with Crippen molar-refractivity contribution in [2.75, 3.05) is 6.54 Å². The van der Waals surface area contributed by atoms with Gasteiger partial charge in [-0.05, 0) is 11.6 Å². The molecule has 0 aliphatic carbocycles. The van der Waals surface area contributed by atoms with Gasteiger partial charge in [0.05, 0.1) is 0 Å². The fourth-order valence-electron chi connectivity index (χ4n) is 1.52. The Labute approximate surface area is 81.1 Å². The van der Waals surface area contributed by atoms with Crippen LogP contribution >= 0.6 is 0 Å². The number of carbonyl (C=O) groups excluding carboxylic acids is 1. The lowest BCUT2D eigenvalue weighted by Crippen LogP contribution is -2.26. The number of amides is 1. The molecule has 2 heterocycles. The summed E-state index contributed by atoms with van der Waals surface area (Å²) in [6.07, 6.45) is 0.821. The summed E-state index contributed by atoms with van der Waals surface area (Å²) in [7, 11) is 0. The van der Waals surface area contributed by atoms with Crippen LogP contribution < -0.4 is 10.8 Å². The number of rotatable bonds is 1. The molecule has 1 aromatic rings. The van der Waals surface area contributed by atoms with Crippen molar-refractivity contribution < 1.29 is 10.0 Å². The zero-order valence-electron chi connectivity index (χ0n) is 7.58. The van der Waals surface area contributed by atoms with E-state index < -0.39 is 5.91 Å². The molecule has 5 heteroatoms. The van der Waals surface area contributed by atoms with Gasteiger partial charge in [-0.25, -0.2) is 10.5 Å². The van der Waals surface area contributed by atoms with Crippen molar-refractivity contribution in [1.29, 1.82) is 0 Å². The van der Waals surface area contributed by atoms with Crippen LogP contribution in [0, 0.1) is 0 Å². The van der Waals surface area contributed by atoms with E-state index in [1.807, 2.05) is 6.07 Å². The number of pyridine rings is 1. The second-order valence-electron chi connectivity index (χ2n) is 3.17. The summed E-state index contributed by atoms with van der Waals surface area (Å²) in [6.45, 7) is 1.67. The lowest BCUT2D eigenvalue weighted by Gasteiger charge is -2.16. The van der Waals surface area contributed by atoms with Gasteiger partial charge in [0.25, 0.3) is 5.91 Å². The normalized spacial score (nSPS) is 14.6. The highest BCUT2D eigenvalue weighted by Crippen LogP contribution is 2.11. The van der Waals surface area contributed by atoms with Crippen molar-refractivity contribution in [3.8, 4) is 0 Å². The monoisotopic (exact) mass is 193 g/mol. The molecule has 74 valence electrons. The van der Waals surface area contributed by atoms with Gasteiger partial charge in [-0.2, -0.15) is 0 Å². The molecule has 0 bridgehead atoms. The SMILES string of the molecule is O=C(NO)c1ccc2c(n1)CCNC2. The lowest BCUT2D eigenvalue weighted by atomic mass is 10.1. The molecule has 0 fully saturated rings. The van der Waals surface area contributed by atoms with E-state index in [-0.39, 0.29) is 5.69 Å². The number of hydroxylamine groups is 1. The summed E-state index contributed by atoms with van der Waals surface area (Å²) >= 11 is 0. The molecule has 2 rings (SSSR count). The number of nitrogens with one attached hydrogen (secondary N) is 2. The fraction of sp³-hybridized carbons (Fsp3) is 0.333. The van der Waals surface area contributed by atoms with Crippen molar-refractivity contribution in [1.82, 2.24) is 15.8 Å². The molecule has 0 saturated heterocycles. The Morgan fingerprint density at radius 3 is 3.21 bits per heavy atom. The summed E-state index contributed by atoms with van der Waals surface area (Å²) in [5.74, 6) is -0.564. The standard InChI is InChI=1S/C9H11N3O2/c13-9(12-14)8-2-1-6-5-10-4-3-7(6)11-8/h1-2,10,14H,3-5H2,(H,12,13). The third-order valence-electron chi connectivity index (χ3n) is 2.26. The summed E-state index contributed by atoms with van der Waals surface area (Å²) in [5, 5.41) is 11.7. The first-order chi connectivity index (χ1) is 6.81. The first kappa shape index (κ1) is 9.11. The van der Waals surface area contributed by atoms with Crippen molar-refractivity contribution in [2.24, 2.45) is 0 Å². The lowest BCUT2D eigenvalue weighted by molar-refractivity contribution is 0.0700. The number of aromatic nitrogens is 1. The number of carbonyl (C=O) groups is 1. The average Bonchev–Trinajstić information content (AvgIpc) is 2.27. The molecule has 0 aromatic carbocycles. The molecule has 3 N–H and O–H groups in total. The third kappa shape index (κ3) is 1.59. The van der Waals surface area contributed by atoms with Crippen LogP contribution in [0.1, 0.15) is 21.7 Å². The minimum absolute atomic E-state index is 0.258. The largest absolute Gasteiger partial charge is 0.312 e. The molecular weight excluding hydrogens is 182 g/mol. The molecule has 0 unspecified atom stereocenters. The number of nitrogens with zero attached hydrogens (tertiary/aromatic N) is 1. The summed E-state index contributed by atoms with van der Waals surface area (Å²) in [4.78, 5) is 15.2. The summed E-state index contributed by atoms with van der Waals surface area (Å²) in [6, 6.07) is 3.47. The minimum atomic E-state index is -0.564. The second kappa shape index (κ2) is 3.73. The van der Waals surface area contributed by atoms with Gasteiger partial charge in [-0.1, -0.05) is 6.07 Å². The molecule has 1 aliphatic heterocycles. The van der Waals surface area contributed by atoms with Crippen LogP contribution in [0.15, 0.2) is 12.1 Å². The van der Waals surface area contributed by atoms with Crippen LogP contribution in [-0.4, -0.2) is 22.6 Å². The molecule has 0 spiro atoms. The highest BCUT2D eigenvalue weighted by atomic mass is 16.5. The molecule has 5 nitrogen and oxygen atoms in total. The maximum Gasteiger partial charge on any atom is 0.293 e. The van der Waals surface area contributed by atoms with Crippen molar-refractivity contribution >= 4 is 5.91 Å². The predicted molar refractivity (Wildman–Crippen MR) is 48.9 cm³/mol. The molecule has 0 atom stereocenters. The molecular formula is C9H11N3O2. The van der Waals surface area contributed by atoms with E-state index in [9.17, 15) is 4.79 Å². The smallest absolute Gasteiger partial charge is 0.293 e. The quantitative estimate of drug-likeness (QED) is 0.428. The zero-order valence-corrected chi connectivity index (χ0v) is 7.58. The minimum Gasteiger partial charge on any atom is -0.312 e. The van der Waals surface area contributed by atoms with Crippen LogP contribution in [0.5, 0.6) is 0 Å². The summed E-state index contributed by atoms with van der Waals surface area (Å²) in [5.41, 5.74) is 3.88. The van der Waals surface area contributed by atoms with E-state index >= 15 is 0 Å². The van der Waals surface area contributed by atoms with E-state index in [0.29, 0.717) is 0 Å². The highest BCUT2D eigenvalue weighted by molar-refractivity contribution is 5.91. The van der Waals surface area contributed by atoms with Crippen LogP contribution in [0.3, 0.4) is 0 Å². The average molecular weight is 193 g/mol. The third-order valence-corrected chi connectivity index (χ3v) is 2.26. The predicted octanol–water partition coefficient (Wildman–Crippen LogP) is -0.154. The van der Waals surface area contributed by atoms with Crippen molar-refractivity contribution in [3.63, 3.8) is 0 Å². The molecule has 1 aromatic heterocycles. The topological polar surface area (TPSA) is 74.2 Å². The van der Waals surface area contributed by atoms with Gasteiger partial charge in [-0.15, -0.1) is 0 Å². The van der Waals surface area contributed by atoms with Gasteiger partial charge in [0.1, 0.15) is 5.69 Å². The Morgan fingerprint density at radius 1 is 1.57 bits per heavy atom. The number of fused-ring (bicyclic) bond motifs is 1. The Bertz CT molecular complexity index is 365.